The number of hydrogen-bond acceptors (Lipinski definition) is 3. The summed E-state index contributed by atoms with van der Waals surface area (Å²) in [4.78, 5) is 24.3. The molecular formula is C23H30N3O2+. The van der Waals surface area contributed by atoms with Gasteiger partial charge in [0.25, 0.3) is 0 Å². The van der Waals surface area contributed by atoms with E-state index in [0.29, 0.717) is 25.4 Å². The molecule has 1 amide bonds. The van der Waals surface area contributed by atoms with Crippen LogP contribution in [0.25, 0.3) is 0 Å². The van der Waals surface area contributed by atoms with Crippen molar-refractivity contribution < 1.29 is 9.55 Å². The van der Waals surface area contributed by atoms with E-state index in [4.69, 9.17) is 0 Å². The fraction of sp³-hybridized carbons (Fsp3) is 0.435. The number of nitroso groups, excluding NO2 is 1. The summed E-state index contributed by atoms with van der Waals surface area (Å²) in [7, 11) is 0. The number of carbonyl (C=O) groups excluding carboxylic acids is 1. The first-order valence-corrected chi connectivity index (χ1v) is 10.1. The normalized spacial score (nSPS) is 16.1. The Morgan fingerprint density at radius 3 is 2.68 bits per heavy atom. The highest BCUT2D eigenvalue weighted by molar-refractivity contribution is 5.75. The van der Waals surface area contributed by atoms with Crippen LogP contribution in [0.15, 0.2) is 48.5 Å². The van der Waals surface area contributed by atoms with Gasteiger partial charge in [-0.05, 0) is 29.0 Å². The average molecular weight is 381 g/mol. The number of nitrogens with zero attached hydrogens (tertiary/aromatic N) is 1. The van der Waals surface area contributed by atoms with Gasteiger partial charge in [0.15, 0.2) is 6.54 Å². The molecule has 0 fully saturated rings. The van der Waals surface area contributed by atoms with Gasteiger partial charge in [-0.15, -0.1) is 0 Å². The van der Waals surface area contributed by atoms with E-state index in [9.17, 15) is 9.70 Å². The van der Waals surface area contributed by atoms with Gasteiger partial charge in [0, 0.05) is 41.0 Å². The first kappa shape index (κ1) is 20.2. The second kappa shape index (κ2) is 9.60. The highest BCUT2D eigenvalue weighted by Gasteiger charge is 2.34. The van der Waals surface area contributed by atoms with E-state index in [1.807, 2.05) is 24.3 Å². The number of rotatable bonds is 8. The van der Waals surface area contributed by atoms with Crippen LogP contribution >= 0.6 is 0 Å². The summed E-state index contributed by atoms with van der Waals surface area (Å²) < 4.78 is 1.21. The van der Waals surface area contributed by atoms with Crippen LogP contribution in [0.4, 0.5) is 0 Å². The van der Waals surface area contributed by atoms with Crippen LogP contribution in [-0.4, -0.2) is 17.2 Å². The molecule has 0 saturated carbocycles. The molecule has 1 atom stereocenters. The molecule has 2 aromatic carbocycles. The van der Waals surface area contributed by atoms with Crippen molar-refractivity contribution in [2.45, 2.75) is 52.1 Å². The molecule has 0 radical (unpaired) electrons. The lowest BCUT2D eigenvalue weighted by Gasteiger charge is -2.20. The first-order valence-electron chi connectivity index (χ1n) is 10.1. The van der Waals surface area contributed by atoms with Crippen LogP contribution in [0.1, 0.15) is 55.0 Å². The molecular weight excluding hydrogens is 350 g/mol. The first-order chi connectivity index (χ1) is 13.5. The summed E-state index contributed by atoms with van der Waals surface area (Å²) in [5.74, 6) is 0.549. The molecule has 0 bridgehead atoms. The Morgan fingerprint density at radius 2 is 1.93 bits per heavy atom. The zero-order valence-corrected chi connectivity index (χ0v) is 16.8. The molecule has 1 heterocycles. The van der Waals surface area contributed by atoms with Crippen LogP contribution in [0.5, 0.6) is 0 Å². The van der Waals surface area contributed by atoms with E-state index in [0.717, 1.165) is 30.4 Å². The van der Waals surface area contributed by atoms with Gasteiger partial charge in [-0.2, -0.15) is 0 Å². The van der Waals surface area contributed by atoms with Gasteiger partial charge < -0.3 is 0 Å². The summed E-state index contributed by atoms with van der Waals surface area (Å²) in [5.41, 5.74) is 10.4. The largest absolute Gasteiger partial charge is 0.291 e. The minimum Gasteiger partial charge on any atom is -0.291 e. The Bertz CT molecular complexity index is 818. The number of nitrogens with one attached hydrogen (secondary N) is 2. The van der Waals surface area contributed by atoms with Gasteiger partial charge in [-0.1, -0.05) is 62.4 Å². The van der Waals surface area contributed by atoms with Crippen LogP contribution < -0.4 is 10.9 Å². The summed E-state index contributed by atoms with van der Waals surface area (Å²) in [6, 6.07) is 16.3. The number of amides is 1. The molecule has 1 unspecified atom stereocenters. The topological polar surface area (TPSA) is 61.2 Å². The molecule has 0 spiro atoms. The maximum Gasteiger partial charge on any atom is 0.234 e. The van der Waals surface area contributed by atoms with Crippen molar-refractivity contribution in [1.82, 2.24) is 10.9 Å². The lowest BCUT2D eigenvalue weighted by molar-refractivity contribution is -0.595. The number of hydrazine groups is 1. The van der Waals surface area contributed by atoms with Crippen LogP contribution in [0.3, 0.4) is 0 Å². The molecule has 5 nitrogen and oxygen atoms in total. The lowest BCUT2D eigenvalue weighted by atomic mass is 9.89. The molecule has 2 aromatic rings. The standard InChI is InChI=1S/C23H29N3O2/c1-17(2)8-11-23(27)25-24-16-19-9-10-21-20(14-19)12-13-26(28)22(21)15-18-6-4-3-5-7-18/h3-7,9-10,14,17,22,24H,8,11-13,15-16H2,1-2H3/p+1. The summed E-state index contributed by atoms with van der Waals surface area (Å²) in [6.45, 7) is 5.32. The predicted molar refractivity (Wildman–Crippen MR) is 111 cm³/mol. The van der Waals surface area contributed by atoms with Gasteiger partial charge in [0.2, 0.25) is 11.9 Å². The molecule has 1 aliphatic rings. The third kappa shape index (κ3) is 5.49. The van der Waals surface area contributed by atoms with Gasteiger partial charge >= 0.3 is 0 Å². The molecule has 3 rings (SSSR count). The minimum atomic E-state index is -0.135. The van der Waals surface area contributed by atoms with Crippen molar-refractivity contribution in [1.29, 1.82) is 0 Å². The third-order valence-electron chi connectivity index (χ3n) is 5.26. The van der Waals surface area contributed by atoms with E-state index >= 15 is 0 Å². The second-order valence-electron chi connectivity index (χ2n) is 7.96. The number of benzene rings is 2. The molecule has 0 saturated heterocycles. The SMILES string of the molecule is CC(C)CCC(=O)NNCc1ccc2c(c1)CC[N+](=O)C2Cc1ccccc1. The maximum absolute atomic E-state index is 12.5. The second-order valence-corrected chi connectivity index (χ2v) is 7.96. The van der Waals surface area contributed by atoms with E-state index in [-0.39, 0.29) is 11.9 Å². The van der Waals surface area contributed by atoms with E-state index in [1.165, 1.54) is 15.9 Å². The average Bonchev–Trinajstić information content (AvgIpc) is 2.69. The molecule has 0 aromatic heterocycles. The quantitative estimate of drug-likeness (QED) is 0.540. The number of carbonyl (C=O) groups is 1. The molecule has 2 N–H and O–H groups in total. The van der Waals surface area contributed by atoms with Crippen molar-refractivity contribution in [2.24, 2.45) is 5.92 Å². The van der Waals surface area contributed by atoms with Gasteiger partial charge in [-0.25, -0.2) is 5.43 Å². The fourth-order valence-electron chi connectivity index (χ4n) is 3.63. The highest BCUT2D eigenvalue weighted by atomic mass is 16.3. The smallest absolute Gasteiger partial charge is 0.234 e. The van der Waals surface area contributed by atoms with E-state index in [2.05, 4.69) is 49.0 Å². The van der Waals surface area contributed by atoms with E-state index in [1.54, 1.807) is 0 Å². The van der Waals surface area contributed by atoms with Gasteiger partial charge in [0.1, 0.15) is 0 Å². The van der Waals surface area contributed by atoms with Crippen LogP contribution in [-0.2, 0) is 24.2 Å². The number of hydrogen-bond donors (Lipinski definition) is 2. The van der Waals surface area contributed by atoms with Gasteiger partial charge in [0.05, 0.1) is 0 Å². The Labute approximate surface area is 167 Å². The lowest BCUT2D eigenvalue weighted by Crippen LogP contribution is -2.37. The minimum absolute atomic E-state index is 0.0246. The number of fused-ring (bicyclic) bond motifs is 1. The molecule has 28 heavy (non-hydrogen) atoms. The van der Waals surface area contributed by atoms with Crippen LogP contribution in [0, 0.1) is 10.8 Å². The monoisotopic (exact) mass is 380 g/mol. The molecule has 5 heteroatoms. The zero-order valence-electron chi connectivity index (χ0n) is 16.8. The Morgan fingerprint density at radius 1 is 1.14 bits per heavy atom. The van der Waals surface area contributed by atoms with Crippen molar-refractivity contribution >= 4 is 5.91 Å². The Balaban J connectivity index is 1.61. The summed E-state index contributed by atoms with van der Waals surface area (Å²) in [5, 5.41) is 0. The zero-order chi connectivity index (χ0) is 19.9. The maximum atomic E-state index is 12.5. The third-order valence-corrected chi connectivity index (χ3v) is 5.26. The van der Waals surface area contributed by atoms with E-state index < -0.39 is 0 Å². The van der Waals surface area contributed by atoms with Crippen molar-refractivity contribution in [2.75, 3.05) is 6.54 Å². The Hall–Kier alpha value is -2.53. The molecule has 0 aliphatic carbocycles. The summed E-state index contributed by atoms with van der Waals surface area (Å²) in [6.07, 6.45) is 2.91. The molecule has 148 valence electrons. The predicted octanol–water partition coefficient (Wildman–Crippen LogP) is 3.86. The summed E-state index contributed by atoms with van der Waals surface area (Å²) >= 11 is 0. The van der Waals surface area contributed by atoms with Crippen molar-refractivity contribution in [3.8, 4) is 0 Å². The fourth-order valence-corrected chi connectivity index (χ4v) is 3.63. The molecule has 1 aliphatic heterocycles. The Kier molecular flexibility index (Phi) is 6.93. The highest BCUT2D eigenvalue weighted by Crippen LogP contribution is 2.30. The van der Waals surface area contributed by atoms with Gasteiger partial charge in [-0.3, -0.25) is 10.2 Å². The van der Waals surface area contributed by atoms with Crippen molar-refractivity contribution in [3.05, 3.63) is 75.7 Å². The van der Waals surface area contributed by atoms with Crippen molar-refractivity contribution in [3.63, 3.8) is 0 Å². The van der Waals surface area contributed by atoms with Crippen LogP contribution in [0.2, 0.25) is 0 Å².